The van der Waals surface area contributed by atoms with Gasteiger partial charge >= 0.3 is 0 Å². The predicted octanol–water partition coefficient (Wildman–Crippen LogP) is 5.23. The molecule has 3 aromatic rings. The summed E-state index contributed by atoms with van der Waals surface area (Å²) in [5, 5.41) is 2.23. The number of aromatic nitrogens is 3. The van der Waals surface area contributed by atoms with Crippen molar-refractivity contribution in [2.45, 2.75) is 43.8 Å². The monoisotopic (exact) mass is 523 g/mol. The summed E-state index contributed by atoms with van der Waals surface area (Å²) in [6.45, 7) is 3.11. The zero-order valence-corrected chi connectivity index (χ0v) is 21.6. The number of pyridine rings is 1. The molecular weight excluding hydrogens is 492 g/mol. The molecule has 2 fully saturated rings. The van der Waals surface area contributed by atoms with Crippen molar-refractivity contribution in [3.8, 4) is 11.5 Å². The molecule has 3 aliphatic rings. The Balaban J connectivity index is 1.15. The van der Waals surface area contributed by atoms with E-state index in [9.17, 15) is 9.18 Å². The van der Waals surface area contributed by atoms with E-state index in [0.717, 1.165) is 29.9 Å². The molecule has 0 unspecified atom stereocenters. The van der Waals surface area contributed by atoms with Crippen LogP contribution in [0.2, 0.25) is 0 Å². The van der Waals surface area contributed by atoms with Crippen LogP contribution in [0.3, 0.4) is 0 Å². The number of benzene rings is 1. The Labute approximate surface area is 219 Å². The zero-order valence-electron chi connectivity index (χ0n) is 20.8. The lowest BCUT2D eigenvalue weighted by atomic mass is 9.90. The van der Waals surface area contributed by atoms with Gasteiger partial charge in [-0.3, -0.25) is 14.7 Å². The second kappa shape index (κ2) is 10.2. The van der Waals surface area contributed by atoms with Gasteiger partial charge in [-0.15, -0.1) is 11.8 Å². The molecule has 0 aliphatic carbocycles. The lowest BCUT2D eigenvalue weighted by molar-refractivity contribution is -0.148. The zero-order chi connectivity index (χ0) is 25.4. The molecule has 1 amide bonds. The van der Waals surface area contributed by atoms with E-state index >= 15 is 4.39 Å². The van der Waals surface area contributed by atoms with Crippen molar-refractivity contribution >= 4 is 28.7 Å². The van der Waals surface area contributed by atoms with Crippen molar-refractivity contribution in [3.05, 3.63) is 59.4 Å². The molecule has 0 spiro atoms. The Bertz CT molecular complexity index is 1310. The first kappa shape index (κ1) is 24.6. The van der Waals surface area contributed by atoms with Crippen LogP contribution in [-0.2, 0) is 4.79 Å². The number of nitrogens with zero attached hydrogens (tertiary/aromatic N) is 5. The fraction of sp³-hybridized carbons (Fsp3) is 0.464. The maximum absolute atomic E-state index is 15.8. The average molecular weight is 524 g/mol. The number of carbonyl (C=O) groups excluding carboxylic acids is 1. The van der Waals surface area contributed by atoms with Crippen molar-refractivity contribution in [2.24, 2.45) is 0 Å². The summed E-state index contributed by atoms with van der Waals surface area (Å²) in [6, 6.07) is 10.4. The number of thioether (sulfide) groups is 1. The average Bonchev–Trinajstić information content (AvgIpc) is 3.58. The van der Waals surface area contributed by atoms with Crippen molar-refractivity contribution < 1.29 is 13.6 Å². The van der Waals surface area contributed by atoms with Gasteiger partial charge in [0.15, 0.2) is 11.5 Å². The van der Waals surface area contributed by atoms with Crippen LogP contribution in [0.25, 0.3) is 22.6 Å². The molecule has 2 aromatic heterocycles. The first-order valence-corrected chi connectivity index (χ1v) is 14.1. The number of likely N-dealkylation sites (tertiary alicyclic amines) is 2. The predicted molar refractivity (Wildman–Crippen MR) is 142 cm³/mol. The topological polar surface area (TPSA) is 54.3 Å². The number of fused-ring (bicyclic) bond motifs is 1. The third-order valence-corrected chi connectivity index (χ3v) is 8.85. The quantitative estimate of drug-likeness (QED) is 0.459. The number of hydrogen-bond acceptors (Lipinski definition) is 5. The van der Waals surface area contributed by atoms with E-state index in [1.165, 1.54) is 17.7 Å². The van der Waals surface area contributed by atoms with Crippen LogP contribution in [-0.4, -0.2) is 74.4 Å². The van der Waals surface area contributed by atoms with Crippen LogP contribution in [0.4, 0.5) is 8.78 Å². The van der Waals surface area contributed by atoms with E-state index in [1.54, 1.807) is 17.2 Å². The molecule has 0 bridgehead atoms. The van der Waals surface area contributed by atoms with Crippen molar-refractivity contribution in [1.29, 1.82) is 0 Å². The second-order valence-corrected chi connectivity index (χ2v) is 11.3. The Morgan fingerprint density at radius 3 is 2.62 bits per heavy atom. The lowest BCUT2D eigenvalue weighted by Gasteiger charge is -2.40. The minimum atomic E-state index is -1.78. The van der Waals surface area contributed by atoms with E-state index in [-0.39, 0.29) is 30.6 Å². The summed E-state index contributed by atoms with van der Waals surface area (Å²) in [6.07, 6.45) is 4.71. The van der Waals surface area contributed by atoms with Crippen LogP contribution in [0.5, 0.6) is 0 Å². The van der Waals surface area contributed by atoms with Gasteiger partial charge in [-0.2, -0.15) is 0 Å². The van der Waals surface area contributed by atoms with Crippen molar-refractivity contribution in [1.82, 2.24) is 24.3 Å². The number of piperidine rings is 2. The molecule has 6 nitrogen and oxygen atoms in total. The number of rotatable bonds is 5. The maximum Gasteiger partial charge on any atom is 0.260 e. The van der Waals surface area contributed by atoms with Gasteiger partial charge in [0.05, 0.1) is 11.0 Å². The molecule has 5 heterocycles. The van der Waals surface area contributed by atoms with Crippen molar-refractivity contribution in [2.75, 3.05) is 38.5 Å². The molecule has 194 valence electrons. The summed E-state index contributed by atoms with van der Waals surface area (Å²) >= 11 is 1.84. The number of amides is 1. The fourth-order valence-electron chi connectivity index (χ4n) is 5.84. The van der Waals surface area contributed by atoms with E-state index < -0.39 is 5.67 Å². The number of hydrogen-bond donors (Lipinski definition) is 0. The summed E-state index contributed by atoms with van der Waals surface area (Å²) in [7, 11) is 0. The molecule has 9 heteroatoms. The fourth-order valence-corrected chi connectivity index (χ4v) is 6.76. The minimum Gasteiger partial charge on any atom is -0.340 e. The Kier molecular flexibility index (Phi) is 6.75. The highest BCUT2D eigenvalue weighted by Gasteiger charge is 2.45. The smallest absolute Gasteiger partial charge is 0.260 e. The van der Waals surface area contributed by atoms with E-state index in [1.807, 2.05) is 30.0 Å². The molecule has 2 saturated heterocycles. The van der Waals surface area contributed by atoms with Gasteiger partial charge in [-0.05, 0) is 54.5 Å². The van der Waals surface area contributed by atoms with E-state index in [0.29, 0.717) is 50.4 Å². The Morgan fingerprint density at radius 2 is 1.92 bits per heavy atom. The summed E-state index contributed by atoms with van der Waals surface area (Å²) in [5.41, 5.74) is 1.79. The van der Waals surface area contributed by atoms with Gasteiger partial charge in [0, 0.05) is 69.6 Å². The van der Waals surface area contributed by atoms with Crippen LogP contribution < -0.4 is 0 Å². The van der Waals surface area contributed by atoms with Gasteiger partial charge in [0.25, 0.3) is 5.91 Å². The number of halogens is 2. The second-order valence-electron chi connectivity index (χ2n) is 10.3. The molecule has 37 heavy (non-hydrogen) atoms. The SMILES string of the molecule is O=C(N1CCC(n2c(-c3ccccn3)nc3cc(F)ccc32)CC1)C1(F)CCN(CC2=CSCC2)CC1. The highest BCUT2D eigenvalue weighted by molar-refractivity contribution is 8.02. The van der Waals surface area contributed by atoms with Crippen LogP contribution in [0.1, 0.15) is 38.1 Å². The summed E-state index contributed by atoms with van der Waals surface area (Å²) < 4.78 is 31.9. The molecule has 3 aliphatic heterocycles. The molecule has 0 N–H and O–H groups in total. The standard InChI is InChI=1S/C28H31F2N5OS/c29-21-4-5-25-24(17-21)32-26(23-3-1-2-11-31-23)35(25)22-6-12-34(13-7-22)27(36)28(30)9-14-33(15-10-28)18-20-8-16-37-19-20/h1-5,11,17,19,22H,6-10,12-16,18H2. The maximum atomic E-state index is 15.8. The molecule has 6 rings (SSSR count). The first-order chi connectivity index (χ1) is 18.0. The van der Waals surface area contributed by atoms with E-state index in [2.05, 4.69) is 19.9 Å². The number of alkyl halides is 1. The van der Waals surface area contributed by atoms with Gasteiger partial charge < -0.3 is 9.47 Å². The summed E-state index contributed by atoms with van der Waals surface area (Å²) in [4.78, 5) is 26.5. The van der Waals surface area contributed by atoms with Gasteiger partial charge in [0.2, 0.25) is 0 Å². The van der Waals surface area contributed by atoms with Crippen molar-refractivity contribution in [3.63, 3.8) is 0 Å². The molecule has 0 saturated carbocycles. The summed E-state index contributed by atoms with van der Waals surface area (Å²) in [5.74, 6) is 1.14. The van der Waals surface area contributed by atoms with E-state index in [4.69, 9.17) is 4.98 Å². The Hall–Kier alpha value is -2.78. The van der Waals surface area contributed by atoms with Crippen LogP contribution in [0, 0.1) is 5.82 Å². The van der Waals surface area contributed by atoms with Crippen LogP contribution >= 0.6 is 11.8 Å². The number of carbonyl (C=O) groups is 1. The lowest BCUT2D eigenvalue weighted by Crippen LogP contribution is -2.54. The normalized spacial score (nSPS) is 20.9. The minimum absolute atomic E-state index is 0.0616. The van der Waals surface area contributed by atoms with Gasteiger partial charge in [0.1, 0.15) is 11.5 Å². The largest absolute Gasteiger partial charge is 0.340 e. The van der Waals surface area contributed by atoms with Gasteiger partial charge in [-0.25, -0.2) is 13.8 Å². The third-order valence-electron chi connectivity index (χ3n) is 7.91. The first-order valence-electron chi connectivity index (χ1n) is 13.1. The molecule has 1 aromatic carbocycles. The molecular formula is C28H31F2N5OS. The highest BCUT2D eigenvalue weighted by atomic mass is 32.2. The molecule has 0 radical (unpaired) electrons. The van der Waals surface area contributed by atoms with Gasteiger partial charge in [-0.1, -0.05) is 6.07 Å². The van der Waals surface area contributed by atoms with Crippen LogP contribution in [0.15, 0.2) is 53.6 Å². The number of imidazole rings is 1. The third kappa shape index (κ3) is 4.91. The molecule has 0 atom stereocenters. The highest BCUT2D eigenvalue weighted by Crippen LogP contribution is 2.36. The Morgan fingerprint density at radius 1 is 1.11 bits per heavy atom.